The Morgan fingerprint density at radius 3 is 2.38 bits per heavy atom. The van der Waals surface area contributed by atoms with Crippen LogP contribution in [-0.4, -0.2) is 58.9 Å². The van der Waals surface area contributed by atoms with E-state index in [1.807, 2.05) is 45.9 Å². The number of benzene rings is 1. The SMILES string of the molecule is Cc1ccnnc1N1CC[C@H](C(=O)Nc2ccc(C3CCN(C(=O)OC(C)(C)C)CC3)cc2)C1. The van der Waals surface area contributed by atoms with Crippen molar-refractivity contribution in [2.75, 3.05) is 36.4 Å². The summed E-state index contributed by atoms with van der Waals surface area (Å²) in [5, 5.41) is 11.3. The number of hydrogen-bond acceptors (Lipinski definition) is 6. The van der Waals surface area contributed by atoms with Crippen LogP contribution in [0.25, 0.3) is 0 Å². The Kier molecular flexibility index (Phi) is 7.05. The summed E-state index contributed by atoms with van der Waals surface area (Å²) in [7, 11) is 0. The van der Waals surface area contributed by atoms with Crippen molar-refractivity contribution in [2.24, 2.45) is 5.92 Å². The standard InChI is InChI=1S/C26H35N5O3/c1-18-9-13-27-29-23(18)31-16-12-21(17-31)24(32)28-22-7-5-19(6-8-22)20-10-14-30(15-11-20)25(33)34-26(2,3)4/h5-9,13,20-21H,10-12,14-17H2,1-4H3,(H,28,32)/t21-/m0/s1. The van der Waals surface area contributed by atoms with E-state index in [0.29, 0.717) is 25.6 Å². The van der Waals surface area contributed by atoms with Crippen molar-refractivity contribution in [1.82, 2.24) is 15.1 Å². The Hall–Kier alpha value is -3.16. The molecule has 2 aromatic rings. The summed E-state index contributed by atoms with van der Waals surface area (Å²) in [4.78, 5) is 29.1. The highest BCUT2D eigenvalue weighted by molar-refractivity contribution is 5.93. The number of amides is 2. The second-order valence-electron chi connectivity index (χ2n) is 10.3. The first kappa shape index (κ1) is 24.0. The molecule has 34 heavy (non-hydrogen) atoms. The van der Waals surface area contributed by atoms with Gasteiger partial charge in [-0.1, -0.05) is 12.1 Å². The van der Waals surface area contributed by atoms with Gasteiger partial charge < -0.3 is 19.9 Å². The predicted molar refractivity (Wildman–Crippen MR) is 132 cm³/mol. The van der Waals surface area contributed by atoms with Crippen LogP contribution in [0.4, 0.5) is 16.3 Å². The van der Waals surface area contributed by atoms with E-state index in [0.717, 1.165) is 42.9 Å². The van der Waals surface area contributed by atoms with Crippen molar-refractivity contribution in [3.63, 3.8) is 0 Å². The van der Waals surface area contributed by atoms with E-state index in [4.69, 9.17) is 4.74 Å². The first-order valence-corrected chi connectivity index (χ1v) is 12.1. The molecule has 2 fully saturated rings. The van der Waals surface area contributed by atoms with Gasteiger partial charge in [-0.15, -0.1) is 5.10 Å². The van der Waals surface area contributed by atoms with Gasteiger partial charge in [0.25, 0.3) is 0 Å². The molecule has 2 aliphatic rings. The maximum Gasteiger partial charge on any atom is 0.410 e. The minimum Gasteiger partial charge on any atom is -0.444 e. The molecular formula is C26H35N5O3. The second-order valence-corrected chi connectivity index (χ2v) is 10.3. The number of likely N-dealkylation sites (tertiary alicyclic amines) is 1. The zero-order valence-corrected chi connectivity index (χ0v) is 20.6. The molecule has 0 spiro atoms. The number of carbonyl (C=O) groups is 2. The molecule has 8 heteroatoms. The number of aromatic nitrogens is 2. The summed E-state index contributed by atoms with van der Waals surface area (Å²) >= 11 is 0. The molecule has 1 aromatic carbocycles. The average Bonchev–Trinajstić information content (AvgIpc) is 3.29. The Morgan fingerprint density at radius 2 is 1.74 bits per heavy atom. The molecule has 2 aliphatic heterocycles. The maximum atomic E-state index is 12.8. The molecule has 0 radical (unpaired) electrons. The number of nitrogens with one attached hydrogen (secondary N) is 1. The van der Waals surface area contributed by atoms with Crippen LogP contribution in [0.15, 0.2) is 36.5 Å². The van der Waals surface area contributed by atoms with Crippen LogP contribution in [0.1, 0.15) is 57.1 Å². The largest absolute Gasteiger partial charge is 0.444 e. The zero-order chi connectivity index (χ0) is 24.3. The lowest BCUT2D eigenvalue weighted by molar-refractivity contribution is -0.119. The minimum atomic E-state index is -0.473. The Bertz CT molecular complexity index is 1010. The smallest absolute Gasteiger partial charge is 0.410 e. The van der Waals surface area contributed by atoms with Gasteiger partial charge >= 0.3 is 6.09 Å². The highest BCUT2D eigenvalue weighted by atomic mass is 16.6. The van der Waals surface area contributed by atoms with E-state index in [1.54, 1.807) is 11.1 Å². The number of anilines is 2. The van der Waals surface area contributed by atoms with Gasteiger partial charge in [0.1, 0.15) is 5.60 Å². The number of hydrogen-bond donors (Lipinski definition) is 1. The third-order valence-corrected chi connectivity index (χ3v) is 6.55. The second kappa shape index (κ2) is 9.99. The maximum absolute atomic E-state index is 12.8. The molecule has 0 saturated carbocycles. The molecule has 8 nitrogen and oxygen atoms in total. The summed E-state index contributed by atoms with van der Waals surface area (Å²) in [5.41, 5.74) is 2.66. The quantitative estimate of drug-likeness (QED) is 0.722. The molecular weight excluding hydrogens is 430 g/mol. The number of piperidine rings is 1. The highest BCUT2D eigenvalue weighted by Gasteiger charge is 2.30. The molecule has 0 aliphatic carbocycles. The van der Waals surface area contributed by atoms with Crippen LogP contribution < -0.4 is 10.2 Å². The van der Waals surface area contributed by atoms with Crippen LogP contribution in [0.5, 0.6) is 0 Å². The molecule has 2 amide bonds. The summed E-state index contributed by atoms with van der Waals surface area (Å²) in [6.07, 6.45) is 4.07. The summed E-state index contributed by atoms with van der Waals surface area (Å²) in [6.45, 7) is 10.5. The van der Waals surface area contributed by atoms with Gasteiger partial charge in [-0.25, -0.2) is 4.79 Å². The summed E-state index contributed by atoms with van der Waals surface area (Å²) in [5.74, 6) is 1.24. The van der Waals surface area contributed by atoms with Crippen LogP contribution in [-0.2, 0) is 9.53 Å². The van der Waals surface area contributed by atoms with Gasteiger partial charge in [0.15, 0.2) is 5.82 Å². The third kappa shape index (κ3) is 5.85. The molecule has 2 saturated heterocycles. The van der Waals surface area contributed by atoms with Gasteiger partial charge in [-0.2, -0.15) is 5.10 Å². The number of aryl methyl sites for hydroxylation is 1. The first-order valence-electron chi connectivity index (χ1n) is 12.1. The van der Waals surface area contributed by atoms with E-state index in [2.05, 4.69) is 32.5 Å². The topological polar surface area (TPSA) is 87.7 Å². The Morgan fingerprint density at radius 1 is 1.03 bits per heavy atom. The van der Waals surface area contributed by atoms with Crippen molar-refractivity contribution in [3.05, 3.63) is 47.7 Å². The molecule has 0 bridgehead atoms. The fourth-order valence-corrected chi connectivity index (χ4v) is 4.67. The van der Waals surface area contributed by atoms with Crippen LogP contribution in [0, 0.1) is 12.8 Å². The predicted octanol–water partition coefficient (Wildman–Crippen LogP) is 4.36. The number of carbonyl (C=O) groups excluding carboxylic acids is 2. The zero-order valence-electron chi connectivity index (χ0n) is 20.6. The van der Waals surface area contributed by atoms with E-state index in [9.17, 15) is 9.59 Å². The van der Waals surface area contributed by atoms with Gasteiger partial charge in [0.2, 0.25) is 5.91 Å². The molecule has 1 N–H and O–H groups in total. The van der Waals surface area contributed by atoms with Crippen LogP contribution >= 0.6 is 0 Å². The molecule has 1 atom stereocenters. The normalized spacial score (nSPS) is 19.2. The summed E-state index contributed by atoms with van der Waals surface area (Å²) < 4.78 is 5.49. The molecule has 182 valence electrons. The van der Waals surface area contributed by atoms with Crippen LogP contribution in [0.3, 0.4) is 0 Å². The molecule has 4 rings (SSSR count). The molecule has 1 aromatic heterocycles. The van der Waals surface area contributed by atoms with Gasteiger partial charge in [-0.3, -0.25) is 4.79 Å². The van der Waals surface area contributed by atoms with Crippen molar-refractivity contribution >= 4 is 23.5 Å². The monoisotopic (exact) mass is 465 g/mol. The molecule has 0 unspecified atom stereocenters. The van der Waals surface area contributed by atoms with Crippen molar-refractivity contribution in [2.45, 2.75) is 58.5 Å². The van der Waals surface area contributed by atoms with Crippen LogP contribution in [0.2, 0.25) is 0 Å². The highest BCUT2D eigenvalue weighted by Crippen LogP contribution is 2.30. The Balaban J connectivity index is 1.27. The lowest BCUT2D eigenvalue weighted by Gasteiger charge is -2.33. The van der Waals surface area contributed by atoms with Gasteiger partial charge in [0, 0.05) is 31.9 Å². The minimum absolute atomic E-state index is 0.0439. The molecule has 3 heterocycles. The number of rotatable bonds is 4. The number of ether oxygens (including phenoxy) is 1. The summed E-state index contributed by atoms with van der Waals surface area (Å²) in [6, 6.07) is 10.1. The lowest BCUT2D eigenvalue weighted by atomic mass is 9.89. The Labute approximate surface area is 201 Å². The van der Waals surface area contributed by atoms with Gasteiger partial charge in [0.05, 0.1) is 12.1 Å². The fraction of sp³-hybridized carbons (Fsp3) is 0.538. The average molecular weight is 466 g/mol. The third-order valence-electron chi connectivity index (χ3n) is 6.55. The fourth-order valence-electron chi connectivity index (χ4n) is 4.67. The number of nitrogens with zero attached hydrogens (tertiary/aromatic N) is 4. The van der Waals surface area contributed by atoms with Gasteiger partial charge in [-0.05, 0) is 82.2 Å². The van der Waals surface area contributed by atoms with Crippen molar-refractivity contribution < 1.29 is 14.3 Å². The van der Waals surface area contributed by atoms with E-state index < -0.39 is 5.60 Å². The van der Waals surface area contributed by atoms with E-state index in [-0.39, 0.29) is 17.9 Å². The lowest BCUT2D eigenvalue weighted by Crippen LogP contribution is -2.41. The van der Waals surface area contributed by atoms with Crippen molar-refractivity contribution in [1.29, 1.82) is 0 Å². The first-order chi connectivity index (χ1) is 16.2. The van der Waals surface area contributed by atoms with Crippen molar-refractivity contribution in [3.8, 4) is 0 Å². The van der Waals surface area contributed by atoms with E-state index >= 15 is 0 Å². The van der Waals surface area contributed by atoms with E-state index in [1.165, 1.54) is 5.56 Å².